The molecule has 0 saturated heterocycles. The van der Waals surface area contributed by atoms with E-state index < -0.39 is 10.0 Å². The van der Waals surface area contributed by atoms with Gasteiger partial charge in [-0.25, -0.2) is 8.42 Å². The lowest BCUT2D eigenvalue weighted by Gasteiger charge is -2.10. The zero-order chi connectivity index (χ0) is 17.0. The third-order valence-corrected chi connectivity index (χ3v) is 4.67. The number of rotatable bonds is 5. The van der Waals surface area contributed by atoms with Crippen LogP contribution in [0.15, 0.2) is 83.8 Å². The molecule has 0 aromatic heterocycles. The Kier molecular flexibility index (Phi) is 4.39. The summed E-state index contributed by atoms with van der Waals surface area (Å²) in [5.41, 5.74) is 6.53. The van der Waals surface area contributed by atoms with Gasteiger partial charge in [0.1, 0.15) is 11.5 Å². The van der Waals surface area contributed by atoms with E-state index in [0.717, 1.165) is 0 Å². The number of para-hydroxylation sites is 1. The van der Waals surface area contributed by atoms with Crippen LogP contribution in [0.3, 0.4) is 0 Å². The van der Waals surface area contributed by atoms with Gasteiger partial charge in [0.2, 0.25) is 0 Å². The lowest BCUT2D eigenvalue weighted by molar-refractivity contribution is 0.483. The predicted octanol–water partition coefficient (Wildman–Crippen LogP) is 3.86. The largest absolute Gasteiger partial charge is 0.457 e. The first-order chi connectivity index (χ1) is 11.5. The topological polar surface area (TPSA) is 81.4 Å². The lowest BCUT2D eigenvalue weighted by atomic mass is 10.3. The van der Waals surface area contributed by atoms with Crippen molar-refractivity contribution in [1.82, 2.24) is 0 Å². The minimum Gasteiger partial charge on any atom is -0.457 e. The molecule has 0 unspecified atom stereocenters. The van der Waals surface area contributed by atoms with Crippen LogP contribution in [0.1, 0.15) is 0 Å². The molecule has 3 aromatic rings. The molecule has 0 atom stereocenters. The summed E-state index contributed by atoms with van der Waals surface area (Å²) < 4.78 is 32.8. The number of hydrogen-bond donors (Lipinski definition) is 2. The van der Waals surface area contributed by atoms with Gasteiger partial charge in [-0.15, -0.1) is 0 Å². The summed E-state index contributed by atoms with van der Waals surface area (Å²) in [5.74, 6) is 1.34. The molecular formula is C18H16N2O3S. The number of nitrogen functional groups attached to an aromatic ring is 1. The van der Waals surface area contributed by atoms with Crippen molar-refractivity contribution in [3.05, 3.63) is 78.9 Å². The first kappa shape index (κ1) is 15.9. The van der Waals surface area contributed by atoms with Crippen LogP contribution in [-0.2, 0) is 10.0 Å². The zero-order valence-electron chi connectivity index (χ0n) is 12.7. The van der Waals surface area contributed by atoms with E-state index in [1.807, 2.05) is 30.3 Å². The zero-order valence-corrected chi connectivity index (χ0v) is 13.5. The van der Waals surface area contributed by atoms with Gasteiger partial charge in [-0.05, 0) is 60.7 Å². The molecule has 0 fully saturated rings. The summed E-state index contributed by atoms with van der Waals surface area (Å²) >= 11 is 0. The number of nitrogens with two attached hydrogens (primary N) is 1. The van der Waals surface area contributed by atoms with Gasteiger partial charge in [-0.3, -0.25) is 4.72 Å². The van der Waals surface area contributed by atoms with Crippen molar-refractivity contribution < 1.29 is 13.2 Å². The van der Waals surface area contributed by atoms with Crippen molar-refractivity contribution in [2.75, 3.05) is 10.5 Å². The normalized spacial score (nSPS) is 11.0. The fraction of sp³-hybridized carbons (Fsp3) is 0. The molecule has 5 nitrogen and oxygen atoms in total. The van der Waals surface area contributed by atoms with Gasteiger partial charge in [0, 0.05) is 11.4 Å². The Balaban J connectivity index is 1.73. The number of ether oxygens (including phenoxy) is 1. The van der Waals surface area contributed by atoms with Gasteiger partial charge in [0.15, 0.2) is 0 Å². The standard InChI is InChI=1S/C18H16N2O3S/c19-14-6-12-18(13-7-14)24(21,22)20-15-8-10-17(11-9-15)23-16-4-2-1-3-5-16/h1-13,20H,19H2. The molecule has 0 radical (unpaired) electrons. The highest BCUT2D eigenvalue weighted by atomic mass is 32.2. The molecule has 24 heavy (non-hydrogen) atoms. The van der Waals surface area contributed by atoms with E-state index in [1.165, 1.54) is 12.1 Å². The van der Waals surface area contributed by atoms with E-state index in [1.54, 1.807) is 36.4 Å². The first-order valence-corrected chi connectivity index (χ1v) is 8.73. The fourth-order valence-corrected chi connectivity index (χ4v) is 3.14. The molecule has 122 valence electrons. The molecule has 0 aliphatic carbocycles. The lowest BCUT2D eigenvalue weighted by Crippen LogP contribution is -2.12. The number of nitrogens with one attached hydrogen (secondary N) is 1. The third-order valence-electron chi connectivity index (χ3n) is 3.28. The molecule has 0 aliphatic heterocycles. The van der Waals surface area contributed by atoms with Gasteiger partial charge in [-0.2, -0.15) is 0 Å². The molecule has 3 rings (SSSR count). The molecule has 0 saturated carbocycles. The minimum absolute atomic E-state index is 0.154. The first-order valence-electron chi connectivity index (χ1n) is 7.24. The Morgan fingerprint density at radius 3 is 1.96 bits per heavy atom. The SMILES string of the molecule is Nc1ccc(S(=O)(=O)Nc2ccc(Oc3ccccc3)cc2)cc1. The molecule has 6 heteroatoms. The highest BCUT2D eigenvalue weighted by Gasteiger charge is 2.13. The Bertz CT molecular complexity index is 907. The van der Waals surface area contributed by atoms with Crippen LogP contribution in [0.25, 0.3) is 0 Å². The second-order valence-corrected chi connectivity index (χ2v) is 6.80. The number of benzene rings is 3. The van der Waals surface area contributed by atoms with E-state index in [4.69, 9.17) is 10.5 Å². The van der Waals surface area contributed by atoms with Gasteiger partial charge >= 0.3 is 0 Å². The quantitative estimate of drug-likeness (QED) is 0.691. The average molecular weight is 340 g/mol. The van der Waals surface area contributed by atoms with E-state index in [0.29, 0.717) is 22.9 Å². The monoisotopic (exact) mass is 340 g/mol. The maximum absolute atomic E-state index is 12.3. The van der Waals surface area contributed by atoms with Crippen LogP contribution in [0, 0.1) is 0 Å². The van der Waals surface area contributed by atoms with Crippen LogP contribution in [0.2, 0.25) is 0 Å². The molecule has 0 bridgehead atoms. The summed E-state index contributed by atoms with van der Waals surface area (Å²) in [5, 5.41) is 0. The van der Waals surface area contributed by atoms with Crippen molar-refractivity contribution in [3.63, 3.8) is 0 Å². The van der Waals surface area contributed by atoms with Crippen molar-refractivity contribution in [2.24, 2.45) is 0 Å². The molecule has 3 aromatic carbocycles. The Morgan fingerprint density at radius 1 is 0.750 bits per heavy atom. The summed E-state index contributed by atoms with van der Waals surface area (Å²) in [4.78, 5) is 0.154. The highest BCUT2D eigenvalue weighted by molar-refractivity contribution is 7.92. The Hall–Kier alpha value is -2.99. The smallest absolute Gasteiger partial charge is 0.261 e. The van der Waals surface area contributed by atoms with Crippen LogP contribution < -0.4 is 15.2 Å². The Morgan fingerprint density at radius 2 is 1.33 bits per heavy atom. The third kappa shape index (κ3) is 3.85. The van der Waals surface area contributed by atoms with Crippen LogP contribution in [-0.4, -0.2) is 8.42 Å². The molecule has 3 N–H and O–H groups in total. The minimum atomic E-state index is -3.65. The van der Waals surface area contributed by atoms with Crippen LogP contribution >= 0.6 is 0 Å². The van der Waals surface area contributed by atoms with Crippen LogP contribution in [0.5, 0.6) is 11.5 Å². The number of anilines is 2. The molecule has 0 heterocycles. The van der Waals surface area contributed by atoms with E-state index in [9.17, 15) is 8.42 Å². The second-order valence-electron chi connectivity index (χ2n) is 5.11. The van der Waals surface area contributed by atoms with E-state index >= 15 is 0 Å². The molecular weight excluding hydrogens is 324 g/mol. The summed E-state index contributed by atoms with van der Waals surface area (Å²) in [6.07, 6.45) is 0. The molecule has 0 spiro atoms. The van der Waals surface area contributed by atoms with E-state index in [-0.39, 0.29) is 4.90 Å². The maximum Gasteiger partial charge on any atom is 0.261 e. The summed E-state index contributed by atoms with van der Waals surface area (Å²) in [6, 6.07) is 22.1. The second kappa shape index (κ2) is 6.64. The molecule has 0 amide bonds. The average Bonchev–Trinajstić information content (AvgIpc) is 2.58. The fourth-order valence-electron chi connectivity index (χ4n) is 2.08. The summed E-state index contributed by atoms with van der Waals surface area (Å²) in [7, 11) is -3.65. The van der Waals surface area contributed by atoms with Gasteiger partial charge in [-0.1, -0.05) is 18.2 Å². The molecule has 0 aliphatic rings. The van der Waals surface area contributed by atoms with Crippen molar-refractivity contribution in [1.29, 1.82) is 0 Å². The van der Waals surface area contributed by atoms with Crippen molar-refractivity contribution in [2.45, 2.75) is 4.90 Å². The number of sulfonamides is 1. The van der Waals surface area contributed by atoms with Crippen LogP contribution in [0.4, 0.5) is 11.4 Å². The van der Waals surface area contributed by atoms with Crippen molar-refractivity contribution >= 4 is 21.4 Å². The number of hydrogen-bond acceptors (Lipinski definition) is 4. The van der Waals surface area contributed by atoms with Gasteiger partial charge < -0.3 is 10.5 Å². The van der Waals surface area contributed by atoms with Gasteiger partial charge in [0.05, 0.1) is 4.90 Å². The van der Waals surface area contributed by atoms with Gasteiger partial charge in [0.25, 0.3) is 10.0 Å². The predicted molar refractivity (Wildman–Crippen MR) is 94.6 cm³/mol. The summed E-state index contributed by atoms with van der Waals surface area (Å²) in [6.45, 7) is 0. The highest BCUT2D eigenvalue weighted by Crippen LogP contribution is 2.24. The van der Waals surface area contributed by atoms with Crippen molar-refractivity contribution in [3.8, 4) is 11.5 Å². The van der Waals surface area contributed by atoms with E-state index in [2.05, 4.69) is 4.72 Å². The Labute approximate surface area is 140 Å². The maximum atomic E-state index is 12.3.